The van der Waals surface area contributed by atoms with Gasteiger partial charge < -0.3 is 15.3 Å². The molecule has 3 rings (SSSR count). The van der Waals surface area contributed by atoms with Crippen molar-refractivity contribution in [3.63, 3.8) is 0 Å². The normalized spacial score (nSPS) is 13.4. The van der Waals surface area contributed by atoms with Crippen molar-refractivity contribution in [2.24, 2.45) is 5.92 Å². The first-order valence-electron chi connectivity index (χ1n) is 8.44. The Morgan fingerprint density at radius 3 is 2.40 bits per heavy atom. The second-order valence-corrected chi connectivity index (χ2v) is 6.30. The number of hydrogen-bond acceptors (Lipinski definition) is 3. The highest BCUT2D eigenvalue weighted by Crippen LogP contribution is 2.33. The van der Waals surface area contributed by atoms with Crippen LogP contribution in [-0.2, 0) is 17.9 Å². The highest BCUT2D eigenvalue weighted by molar-refractivity contribution is 6.05. The van der Waals surface area contributed by atoms with Gasteiger partial charge in [-0.15, -0.1) is 0 Å². The Morgan fingerprint density at radius 1 is 1.08 bits per heavy atom. The van der Waals surface area contributed by atoms with Crippen molar-refractivity contribution in [2.75, 3.05) is 11.9 Å². The first-order valence-corrected chi connectivity index (χ1v) is 8.44. The van der Waals surface area contributed by atoms with Crippen molar-refractivity contribution >= 4 is 17.5 Å². The molecular formula is C20H22N2O3. The molecule has 0 bridgehead atoms. The van der Waals surface area contributed by atoms with Gasteiger partial charge in [0, 0.05) is 19.5 Å². The van der Waals surface area contributed by atoms with E-state index >= 15 is 0 Å². The van der Waals surface area contributed by atoms with Crippen LogP contribution in [0.5, 0.6) is 0 Å². The quantitative estimate of drug-likeness (QED) is 0.850. The molecule has 1 aliphatic carbocycles. The van der Waals surface area contributed by atoms with Gasteiger partial charge in [0.15, 0.2) is 0 Å². The lowest BCUT2D eigenvalue weighted by Crippen LogP contribution is -2.31. The Balaban J connectivity index is 1.75. The molecule has 2 aromatic carbocycles. The summed E-state index contributed by atoms with van der Waals surface area (Å²) in [6.07, 6.45) is 1.85. The van der Waals surface area contributed by atoms with Gasteiger partial charge >= 0.3 is 0 Å². The molecule has 0 saturated heterocycles. The molecule has 0 spiro atoms. The summed E-state index contributed by atoms with van der Waals surface area (Å²) in [5.41, 5.74) is 2.75. The fourth-order valence-corrected chi connectivity index (χ4v) is 2.84. The monoisotopic (exact) mass is 338 g/mol. The molecule has 130 valence electrons. The van der Waals surface area contributed by atoms with Gasteiger partial charge in [0.05, 0.1) is 17.9 Å². The van der Waals surface area contributed by atoms with Crippen LogP contribution in [0.25, 0.3) is 0 Å². The second kappa shape index (κ2) is 7.49. The molecule has 0 atom stereocenters. The van der Waals surface area contributed by atoms with Crippen molar-refractivity contribution in [3.8, 4) is 0 Å². The van der Waals surface area contributed by atoms with Crippen LogP contribution in [-0.4, -0.2) is 24.0 Å². The van der Waals surface area contributed by atoms with Crippen molar-refractivity contribution in [1.29, 1.82) is 0 Å². The minimum absolute atomic E-state index is 0.0610. The summed E-state index contributed by atoms with van der Waals surface area (Å²) in [7, 11) is 1.72. The van der Waals surface area contributed by atoms with E-state index in [0.717, 1.165) is 24.0 Å². The van der Waals surface area contributed by atoms with E-state index in [0.29, 0.717) is 17.8 Å². The smallest absolute Gasteiger partial charge is 0.253 e. The van der Waals surface area contributed by atoms with E-state index in [2.05, 4.69) is 5.32 Å². The molecule has 0 unspecified atom stereocenters. The summed E-state index contributed by atoms with van der Waals surface area (Å²) in [4.78, 5) is 26.5. The fraction of sp³-hybridized carbons (Fsp3) is 0.300. The lowest BCUT2D eigenvalue weighted by molar-refractivity contribution is -0.119. The van der Waals surface area contributed by atoms with E-state index in [1.54, 1.807) is 30.1 Å². The van der Waals surface area contributed by atoms with Crippen molar-refractivity contribution in [1.82, 2.24) is 5.32 Å². The molecule has 2 aromatic rings. The Bertz CT molecular complexity index is 784. The number of anilines is 1. The average Bonchev–Trinajstić information content (AvgIpc) is 3.50. The number of hydrogen-bond donors (Lipinski definition) is 2. The number of aliphatic hydroxyl groups is 1. The lowest BCUT2D eigenvalue weighted by Gasteiger charge is -2.20. The van der Waals surface area contributed by atoms with Crippen LogP contribution in [0, 0.1) is 5.92 Å². The van der Waals surface area contributed by atoms with Gasteiger partial charge in [-0.1, -0.05) is 36.4 Å². The Morgan fingerprint density at radius 2 is 1.72 bits per heavy atom. The SMILES string of the molecule is CN(C(=O)C1CC1)c1ccccc1C(=O)NCc1ccccc1CO. The molecule has 0 heterocycles. The number of nitrogens with zero attached hydrogens (tertiary/aromatic N) is 1. The van der Waals surface area contributed by atoms with Crippen LogP contribution in [0.15, 0.2) is 48.5 Å². The van der Waals surface area contributed by atoms with Gasteiger partial charge in [0.2, 0.25) is 5.91 Å². The zero-order chi connectivity index (χ0) is 17.8. The van der Waals surface area contributed by atoms with E-state index in [1.165, 1.54) is 0 Å². The van der Waals surface area contributed by atoms with E-state index in [9.17, 15) is 14.7 Å². The standard InChI is InChI=1S/C20H22N2O3/c1-22(20(25)14-10-11-14)18-9-5-4-8-17(18)19(24)21-12-15-6-2-3-7-16(15)13-23/h2-9,14,23H,10-13H2,1H3,(H,21,24). The average molecular weight is 338 g/mol. The van der Waals surface area contributed by atoms with E-state index < -0.39 is 0 Å². The molecule has 5 heteroatoms. The molecular weight excluding hydrogens is 316 g/mol. The predicted octanol–water partition coefficient (Wildman–Crippen LogP) is 2.48. The zero-order valence-corrected chi connectivity index (χ0v) is 14.2. The molecule has 1 saturated carbocycles. The minimum atomic E-state index is -0.237. The van der Waals surface area contributed by atoms with Crippen LogP contribution in [0.2, 0.25) is 0 Å². The summed E-state index contributed by atoms with van der Waals surface area (Å²) < 4.78 is 0. The van der Waals surface area contributed by atoms with Crippen molar-refractivity contribution < 1.29 is 14.7 Å². The van der Waals surface area contributed by atoms with Crippen molar-refractivity contribution in [2.45, 2.75) is 26.0 Å². The highest BCUT2D eigenvalue weighted by atomic mass is 16.3. The number of amides is 2. The zero-order valence-electron chi connectivity index (χ0n) is 14.2. The van der Waals surface area contributed by atoms with Gasteiger partial charge in [-0.25, -0.2) is 0 Å². The number of para-hydroxylation sites is 1. The summed E-state index contributed by atoms with van der Waals surface area (Å²) >= 11 is 0. The lowest BCUT2D eigenvalue weighted by atomic mass is 10.1. The second-order valence-electron chi connectivity index (χ2n) is 6.30. The van der Waals surface area contributed by atoms with Crippen LogP contribution in [0.3, 0.4) is 0 Å². The van der Waals surface area contributed by atoms with E-state index in [-0.39, 0.29) is 24.3 Å². The third kappa shape index (κ3) is 3.88. The highest BCUT2D eigenvalue weighted by Gasteiger charge is 2.33. The number of rotatable bonds is 6. The minimum Gasteiger partial charge on any atom is -0.392 e. The first kappa shape index (κ1) is 17.2. The van der Waals surface area contributed by atoms with Crippen LogP contribution in [0.1, 0.15) is 34.3 Å². The van der Waals surface area contributed by atoms with E-state index in [1.807, 2.05) is 30.3 Å². The van der Waals surface area contributed by atoms with Crippen LogP contribution in [0.4, 0.5) is 5.69 Å². The summed E-state index contributed by atoms with van der Waals surface area (Å²) in [6, 6.07) is 14.6. The number of carbonyl (C=O) groups is 2. The summed E-state index contributed by atoms with van der Waals surface area (Å²) in [5.74, 6) is -0.0813. The maximum absolute atomic E-state index is 12.6. The van der Waals surface area contributed by atoms with Gasteiger partial charge in [-0.05, 0) is 36.1 Å². The Hall–Kier alpha value is -2.66. The number of benzene rings is 2. The molecule has 1 fully saturated rings. The molecule has 0 radical (unpaired) electrons. The topological polar surface area (TPSA) is 69.6 Å². The third-order valence-corrected chi connectivity index (χ3v) is 4.50. The number of nitrogens with one attached hydrogen (secondary N) is 1. The molecule has 1 aliphatic rings. The van der Waals surface area contributed by atoms with Gasteiger partial charge in [-0.2, -0.15) is 0 Å². The van der Waals surface area contributed by atoms with Gasteiger partial charge in [0.1, 0.15) is 0 Å². The molecule has 25 heavy (non-hydrogen) atoms. The van der Waals surface area contributed by atoms with Crippen molar-refractivity contribution in [3.05, 3.63) is 65.2 Å². The molecule has 5 nitrogen and oxygen atoms in total. The van der Waals surface area contributed by atoms with Crippen LogP contribution < -0.4 is 10.2 Å². The number of carbonyl (C=O) groups excluding carboxylic acids is 2. The molecule has 2 N–H and O–H groups in total. The maximum atomic E-state index is 12.6. The first-order chi connectivity index (χ1) is 12.1. The molecule has 0 aliphatic heterocycles. The Labute approximate surface area is 147 Å². The summed E-state index contributed by atoms with van der Waals surface area (Å²) in [5, 5.41) is 12.3. The molecule has 0 aromatic heterocycles. The largest absolute Gasteiger partial charge is 0.392 e. The number of aliphatic hydroxyl groups excluding tert-OH is 1. The summed E-state index contributed by atoms with van der Waals surface area (Å²) in [6.45, 7) is 0.255. The Kier molecular flexibility index (Phi) is 5.14. The fourth-order valence-electron chi connectivity index (χ4n) is 2.84. The predicted molar refractivity (Wildman–Crippen MR) is 96.1 cm³/mol. The van der Waals surface area contributed by atoms with Gasteiger partial charge in [0.25, 0.3) is 5.91 Å². The third-order valence-electron chi connectivity index (χ3n) is 4.50. The maximum Gasteiger partial charge on any atom is 0.253 e. The van der Waals surface area contributed by atoms with E-state index in [4.69, 9.17) is 0 Å². The molecule has 2 amide bonds. The van der Waals surface area contributed by atoms with Gasteiger partial charge in [-0.3, -0.25) is 9.59 Å². The van der Waals surface area contributed by atoms with Crippen LogP contribution >= 0.6 is 0 Å².